The molecule has 0 bridgehead atoms. The second-order valence-electron chi connectivity index (χ2n) is 8.86. The fourth-order valence-electron chi connectivity index (χ4n) is 4.93. The van der Waals surface area contributed by atoms with Crippen molar-refractivity contribution in [3.05, 3.63) is 59.7 Å². The number of amides is 2. The Hall–Kier alpha value is -3.00. The van der Waals surface area contributed by atoms with E-state index in [0.29, 0.717) is 31.4 Å². The maximum Gasteiger partial charge on any atom is 0.407 e. The molecule has 2 aliphatic rings. The van der Waals surface area contributed by atoms with E-state index in [-0.39, 0.29) is 24.5 Å². The number of rotatable bonds is 9. The molecule has 34 heavy (non-hydrogen) atoms. The molecule has 3 atom stereocenters. The summed E-state index contributed by atoms with van der Waals surface area (Å²) in [4.78, 5) is 36.7. The standard InChI is InChI=1S/C26H30N2O5S/c1-34-13-12-23(24(29)27-17-11-10-16(14-17)25(30)31)28-26(32)33-15-22-20-8-4-2-6-18(20)19-7-3-5-9-21(19)22/h2-9,16-17,22-23H,10-15H2,1H3,(H,27,29)(H,28,32)(H,30,31)/t16?,17?,23-/m1/s1. The third-order valence-corrected chi connectivity index (χ3v) is 7.34. The highest BCUT2D eigenvalue weighted by molar-refractivity contribution is 7.98. The first-order valence-electron chi connectivity index (χ1n) is 11.6. The molecule has 7 nitrogen and oxygen atoms in total. The fraction of sp³-hybridized carbons (Fsp3) is 0.423. The Bertz CT molecular complexity index is 1010. The molecule has 4 rings (SSSR count). The van der Waals surface area contributed by atoms with Gasteiger partial charge in [-0.15, -0.1) is 0 Å². The van der Waals surface area contributed by atoms with Crippen LogP contribution in [0.1, 0.15) is 42.7 Å². The van der Waals surface area contributed by atoms with Crippen molar-refractivity contribution in [2.24, 2.45) is 5.92 Å². The Morgan fingerprint density at radius 1 is 1.06 bits per heavy atom. The van der Waals surface area contributed by atoms with E-state index in [9.17, 15) is 19.5 Å². The van der Waals surface area contributed by atoms with E-state index in [1.807, 2.05) is 30.5 Å². The van der Waals surface area contributed by atoms with Gasteiger partial charge in [0.15, 0.2) is 0 Å². The second kappa shape index (κ2) is 11.0. The zero-order valence-electron chi connectivity index (χ0n) is 19.2. The van der Waals surface area contributed by atoms with Gasteiger partial charge in [-0.3, -0.25) is 9.59 Å². The van der Waals surface area contributed by atoms with Crippen LogP contribution in [-0.4, -0.2) is 53.8 Å². The molecule has 3 N–H and O–H groups in total. The highest BCUT2D eigenvalue weighted by Gasteiger charge is 2.33. The molecule has 0 saturated heterocycles. The first-order chi connectivity index (χ1) is 16.5. The number of ether oxygens (including phenoxy) is 1. The van der Waals surface area contributed by atoms with E-state index < -0.39 is 24.0 Å². The molecule has 2 aliphatic carbocycles. The number of carboxylic acid groups (broad SMARTS) is 1. The Kier molecular flexibility index (Phi) is 7.77. The number of fused-ring (bicyclic) bond motifs is 3. The fourth-order valence-corrected chi connectivity index (χ4v) is 5.40. The Morgan fingerprint density at radius 3 is 2.29 bits per heavy atom. The van der Waals surface area contributed by atoms with Gasteiger partial charge in [0.25, 0.3) is 0 Å². The van der Waals surface area contributed by atoms with Crippen molar-refractivity contribution in [2.75, 3.05) is 18.6 Å². The highest BCUT2D eigenvalue weighted by Crippen LogP contribution is 2.44. The summed E-state index contributed by atoms with van der Waals surface area (Å²) in [5.41, 5.74) is 4.56. The molecule has 0 spiro atoms. The number of hydrogen-bond donors (Lipinski definition) is 3. The van der Waals surface area contributed by atoms with Crippen molar-refractivity contribution in [1.29, 1.82) is 0 Å². The van der Waals surface area contributed by atoms with E-state index in [2.05, 4.69) is 34.9 Å². The topological polar surface area (TPSA) is 105 Å². The van der Waals surface area contributed by atoms with Crippen LogP contribution in [0.5, 0.6) is 0 Å². The average molecular weight is 483 g/mol. The minimum atomic E-state index is -0.826. The van der Waals surface area contributed by atoms with Crippen LogP contribution in [0, 0.1) is 5.92 Å². The van der Waals surface area contributed by atoms with Gasteiger partial charge in [0.2, 0.25) is 5.91 Å². The zero-order chi connectivity index (χ0) is 24.1. The van der Waals surface area contributed by atoms with Crippen molar-refractivity contribution in [3.63, 3.8) is 0 Å². The third kappa shape index (κ3) is 5.38. The lowest BCUT2D eigenvalue weighted by Gasteiger charge is -2.21. The molecule has 1 saturated carbocycles. The quantitative estimate of drug-likeness (QED) is 0.499. The number of alkyl carbamates (subject to hydrolysis) is 1. The summed E-state index contributed by atoms with van der Waals surface area (Å²) < 4.78 is 5.60. The van der Waals surface area contributed by atoms with Crippen LogP contribution in [0.15, 0.2) is 48.5 Å². The smallest absolute Gasteiger partial charge is 0.407 e. The maximum absolute atomic E-state index is 12.9. The van der Waals surface area contributed by atoms with Crippen molar-refractivity contribution in [3.8, 4) is 11.1 Å². The molecule has 2 amide bonds. The highest BCUT2D eigenvalue weighted by atomic mass is 32.2. The molecule has 2 aromatic rings. The SMILES string of the molecule is CSCC[C@@H](NC(=O)OCC1c2ccccc2-c2ccccc21)C(=O)NC1CCC(C(=O)O)C1. The van der Waals surface area contributed by atoms with Gasteiger partial charge in [-0.05, 0) is 59.9 Å². The van der Waals surface area contributed by atoms with Crippen molar-refractivity contribution < 1.29 is 24.2 Å². The minimum absolute atomic E-state index is 0.0527. The van der Waals surface area contributed by atoms with Crippen LogP contribution in [0.25, 0.3) is 11.1 Å². The summed E-state index contributed by atoms with van der Waals surface area (Å²) in [7, 11) is 0. The zero-order valence-corrected chi connectivity index (χ0v) is 20.0. The largest absolute Gasteiger partial charge is 0.481 e. The van der Waals surface area contributed by atoms with E-state index >= 15 is 0 Å². The minimum Gasteiger partial charge on any atom is -0.481 e. The van der Waals surface area contributed by atoms with Gasteiger partial charge in [-0.25, -0.2) is 4.79 Å². The van der Waals surface area contributed by atoms with Crippen LogP contribution in [-0.2, 0) is 14.3 Å². The number of carboxylic acids is 1. The normalized spacial score (nSPS) is 19.7. The van der Waals surface area contributed by atoms with Crippen LogP contribution in [0.2, 0.25) is 0 Å². The van der Waals surface area contributed by atoms with Gasteiger partial charge < -0.3 is 20.5 Å². The summed E-state index contributed by atoms with van der Waals surface area (Å²) >= 11 is 1.59. The Balaban J connectivity index is 1.36. The van der Waals surface area contributed by atoms with Gasteiger partial charge in [0.05, 0.1) is 5.92 Å². The number of aliphatic carboxylic acids is 1. The van der Waals surface area contributed by atoms with Crippen molar-refractivity contribution >= 4 is 29.7 Å². The Morgan fingerprint density at radius 2 is 1.71 bits per heavy atom. The van der Waals surface area contributed by atoms with E-state index in [0.717, 1.165) is 22.3 Å². The molecule has 8 heteroatoms. The molecular weight excluding hydrogens is 452 g/mol. The summed E-state index contributed by atoms with van der Waals surface area (Å²) in [6.45, 7) is 0.180. The average Bonchev–Trinajstić information content (AvgIpc) is 3.43. The number of nitrogens with one attached hydrogen (secondary N) is 2. The maximum atomic E-state index is 12.9. The van der Waals surface area contributed by atoms with Crippen molar-refractivity contribution in [2.45, 2.75) is 43.7 Å². The van der Waals surface area contributed by atoms with Gasteiger partial charge in [0.1, 0.15) is 12.6 Å². The summed E-state index contributed by atoms with van der Waals surface area (Å²) in [6, 6.07) is 15.3. The molecule has 0 heterocycles. The number of thioether (sulfide) groups is 1. The van der Waals surface area contributed by atoms with E-state index in [1.165, 1.54) is 0 Å². The molecule has 1 fully saturated rings. The molecule has 180 valence electrons. The second-order valence-corrected chi connectivity index (χ2v) is 9.84. The summed E-state index contributed by atoms with van der Waals surface area (Å²) in [5, 5.41) is 14.8. The van der Waals surface area contributed by atoms with Crippen LogP contribution >= 0.6 is 11.8 Å². The van der Waals surface area contributed by atoms with Gasteiger partial charge in [-0.1, -0.05) is 48.5 Å². The van der Waals surface area contributed by atoms with Gasteiger partial charge in [-0.2, -0.15) is 11.8 Å². The van der Waals surface area contributed by atoms with E-state index in [1.54, 1.807) is 11.8 Å². The van der Waals surface area contributed by atoms with Gasteiger partial charge in [0, 0.05) is 12.0 Å². The number of hydrogen-bond acceptors (Lipinski definition) is 5. The molecule has 0 radical (unpaired) electrons. The third-order valence-electron chi connectivity index (χ3n) is 6.69. The molecule has 0 aliphatic heterocycles. The molecule has 2 aromatic carbocycles. The van der Waals surface area contributed by atoms with Crippen LogP contribution < -0.4 is 10.6 Å². The first-order valence-corrected chi connectivity index (χ1v) is 13.0. The van der Waals surface area contributed by atoms with Crippen molar-refractivity contribution in [1.82, 2.24) is 10.6 Å². The number of carbonyl (C=O) groups excluding carboxylic acids is 2. The summed E-state index contributed by atoms with van der Waals surface area (Å²) in [5.74, 6) is -0.899. The predicted octanol–water partition coefficient (Wildman–Crippen LogP) is 4.02. The van der Waals surface area contributed by atoms with Crippen LogP contribution in [0.3, 0.4) is 0 Å². The van der Waals surface area contributed by atoms with E-state index in [4.69, 9.17) is 4.74 Å². The lowest BCUT2D eigenvalue weighted by molar-refractivity contribution is -0.141. The van der Waals surface area contributed by atoms with Crippen LogP contribution in [0.4, 0.5) is 4.79 Å². The Labute approximate surface area is 203 Å². The lowest BCUT2D eigenvalue weighted by Crippen LogP contribution is -2.49. The summed E-state index contributed by atoms with van der Waals surface area (Å²) in [6.07, 6.45) is 3.38. The molecular formula is C26H30N2O5S. The monoisotopic (exact) mass is 482 g/mol. The van der Waals surface area contributed by atoms with Gasteiger partial charge >= 0.3 is 12.1 Å². The number of benzene rings is 2. The molecule has 2 unspecified atom stereocenters. The predicted molar refractivity (Wildman–Crippen MR) is 132 cm³/mol. The lowest BCUT2D eigenvalue weighted by atomic mass is 9.98. The first kappa shape index (κ1) is 24.1. The number of carbonyl (C=O) groups is 3. The molecule has 0 aromatic heterocycles.